The van der Waals surface area contributed by atoms with Crippen LogP contribution in [-0.4, -0.2) is 38.6 Å². The van der Waals surface area contributed by atoms with Crippen molar-refractivity contribution in [1.82, 2.24) is 19.3 Å². The molecule has 1 saturated heterocycles. The van der Waals surface area contributed by atoms with Gasteiger partial charge < -0.3 is 14.6 Å². The molecule has 3 aromatic heterocycles. The van der Waals surface area contributed by atoms with Crippen LogP contribution < -0.4 is 10.9 Å². The van der Waals surface area contributed by atoms with Gasteiger partial charge in [0.05, 0.1) is 16.9 Å². The highest BCUT2D eigenvalue weighted by Crippen LogP contribution is 2.29. The lowest BCUT2D eigenvalue weighted by Crippen LogP contribution is -2.28. The first-order chi connectivity index (χ1) is 14.5. The van der Waals surface area contributed by atoms with Gasteiger partial charge in [-0.1, -0.05) is 25.4 Å². The summed E-state index contributed by atoms with van der Waals surface area (Å²) in [5.41, 5.74) is 2.49. The maximum absolute atomic E-state index is 12.1. The maximum Gasteiger partial charge on any atom is 0.250 e. The molecule has 4 rings (SSSR count). The van der Waals surface area contributed by atoms with E-state index in [0.717, 1.165) is 48.7 Å². The zero-order chi connectivity index (χ0) is 21.1. The van der Waals surface area contributed by atoms with Gasteiger partial charge in [-0.25, -0.2) is 9.67 Å². The summed E-state index contributed by atoms with van der Waals surface area (Å²) in [5, 5.41) is 8.50. The Bertz CT molecular complexity index is 1070. The van der Waals surface area contributed by atoms with E-state index in [-0.39, 0.29) is 5.56 Å². The SMILES string of the molecule is CC(C)Cn1cc(-n2cc(-c3cnc(NC4CCOCC4)cc3Cl)cn2)ccc1=O. The molecule has 30 heavy (non-hydrogen) atoms. The molecule has 3 aromatic rings. The van der Waals surface area contributed by atoms with Crippen LogP contribution in [0, 0.1) is 5.92 Å². The minimum Gasteiger partial charge on any atom is -0.381 e. The summed E-state index contributed by atoms with van der Waals surface area (Å²) in [5.74, 6) is 1.15. The summed E-state index contributed by atoms with van der Waals surface area (Å²) < 4.78 is 8.86. The van der Waals surface area contributed by atoms with E-state index in [1.54, 1.807) is 33.8 Å². The van der Waals surface area contributed by atoms with Crippen molar-refractivity contribution in [3.05, 3.63) is 58.4 Å². The van der Waals surface area contributed by atoms with Gasteiger partial charge in [0.2, 0.25) is 0 Å². The Kier molecular flexibility index (Phi) is 6.20. The molecule has 0 unspecified atom stereocenters. The molecular formula is C22H26ClN5O2. The van der Waals surface area contributed by atoms with Crippen LogP contribution in [0.15, 0.2) is 47.8 Å². The van der Waals surface area contributed by atoms with Crippen molar-refractivity contribution in [2.75, 3.05) is 18.5 Å². The Hall–Kier alpha value is -2.64. The van der Waals surface area contributed by atoms with Crippen molar-refractivity contribution in [2.24, 2.45) is 5.92 Å². The lowest BCUT2D eigenvalue weighted by Gasteiger charge is -2.23. The van der Waals surface area contributed by atoms with E-state index in [2.05, 4.69) is 29.2 Å². The maximum atomic E-state index is 12.1. The Labute approximate surface area is 180 Å². The van der Waals surface area contributed by atoms with Crippen LogP contribution in [0.3, 0.4) is 0 Å². The monoisotopic (exact) mass is 427 g/mol. The van der Waals surface area contributed by atoms with Crippen LogP contribution in [0.2, 0.25) is 5.02 Å². The number of rotatable bonds is 6. The van der Waals surface area contributed by atoms with Gasteiger partial charge in [0.15, 0.2) is 0 Å². The first kappa shape index (κ1) is 20.6. The smallest absolute Gasteiger partial charge is 0.250 e. The van der Waals surface area contributed by atoms with E-state index in [4.69, 9.17) is 16.3 Å². The van der Waals surface area contributed by atoms with Crippen molar-refractivity contribution < 1.29 is 4.74 Å². The van der Waals surface area contributed by atoms with Crippen molar-refractivity contribution >= 4 is 17.4 Å². The van der Waals surface area contributed by atoms with E-state index in [1.165, 1.54) is 0 Å². The van der Waals surface area contributed by atoms with Gasteiger partial charge in [0, 0.05) is 61.6 Å². The summed E-state index contributed by atoms with van der Waals surface area (Å²) in [6.45, 7) is 6.37. The number of anilines is 1. The fourth-order valence-corrected chi connectivity index (χ4v) is 3.83. The zero-order valence-electron chi connectivity index (χ0n) is 17.2. The predicted octanol–water partition coefficient (Wildman–Crippen LogP) is 4.00. The third-order valence-electron chi connectivity index (χ3n) is 5.11. The molecule has 0 radical (unpaired) electrons. The Morgan fingerprint density at radius 2 is 2.03 bits per heavy atom. The van der Waals surface area contributed by atoms with Gasteiger partial charge in [-0.2, -0.15) is 5.10 Å². The molecule has 1 fully saturated rings. The average molecular weight is 428 g/mol. The molecule has 0 saturated carbocycles. The molecule has 7 nitrogen and oxygen atoms in total. The van der Waals surface area contributed by atoms with Crippen LogP contribution in [0.5, 0.6) is 0 Å². The zero-order valence-corrected chi connectivity index (χ0v) is 18.0. The molecule has 1 N–H and O–H groups in total. The van der Waals surface area contributed by atoms with Crippen LogP contribution in [0.4, 0.5) is 5.82 Å². The number of hydrogen-bond acceptors (Lipinski definition) is 5. The number of aromatic nitrogens is 4. The number of pyridine rings is 2. The van der Waals surface area contributed by atoms with E-state index in [1.807, 2.05) is 18.5 Å². The van der Waals surface area contributed by atoms with E-state index in [9.17, 15) is 4.79 Å². The third-order valence-corrected chi connectivity index (χ3v) is 5.43. The summed E-state index contributed by atoms with van der Waals surface area (Å²) in [7, 11) is 0. The Morgan fingerprint density at radius 1 is 1.23 bits per heavy atom. The van der Waals surface area contributed by atoms with Crippen molar-refractivity contribution in [2.45, 2.75) is 39.3 Å². The molecule has 1 aliphatic rings. The largest absolute Gasteiger partial charge is 0.381 e. The van der Waals surface area contributed by atoms with E-state index >= 15 is 0 Å². The molecule has 0 spiro atoms. The summed E-state index contributed by atoms with van der Waals surface area (Å²) in [4.78, 5) is 16.6. The topological polar surface area (TPSA) is 74.0 Å². The number of nitrogens with one attached hydrogen (secondary N) is 1. The minimum absolute atomic E-state index is 0.0142. The van der Waals surface area contributed by atoms with Gasteiger partial charge in [0.25, 0.3) is 5.56 Å². The number of halogens is 1. The Balaban J connectivity index is 1.54. The summed E-state index contributed by atoms with van der Waals surface area (Å²) >= 11 is 6.55. The molecule has 1 aliphatic heterocycles. The van der Waals surface area contributed by atoms with Gasteiger partial charge in [-0.15, -0.1) is 0 Å². The summed E-state index contributed by atoms with van der Waals surface area (Å²) in [6.07, 6.45) is 9.19. The van der Waals surface area contributed by atoms with Gasteiger partial charge >= 0.3 is 0 Å². The quantitative estimate of drug-likeness (QED) is 0.643. The predicted molar refractivity (Wildman–Crippen MR) is 118 cm³/mol. The van der Waals surface area contributed by atoms with Crippen molar-refractivity contribution in [3.63, 3.8) is 0 Å². The normalized spacial score (nSPS) is 14.9. The standard InChI is InChI=1S/C22H26ClN5O2/c1-15(2)12-27-14-18(3-4-22(27)29)28-13-16(10-25-28)19-11-24-21(9-20(19)23)26-17-5-7-30-8-6-17/h3-4,9-11,13-15,17H,5-8,12H2,1-2H3,(H,24,26). The fraction of sp³-hybridized carbons (Fsp3) is 0.409. The summed E-state index contributed by atoms with van der Waals surface area (Å²) in [6, 6.07) is 5.56. The molecule has 4 heterocycles. The van der Waals surface area contributed by atoms with Crippen LogP contribution in [-0.2, 0) is 11.3 Å². The molecule has 158 valence electrons. The van der Waals surface area contributed by atoms with Crippen molar-refractivity contribution in [3.8, 4) is 16.8 Å². The van der Waals surface area contributed by atoms with Crippen LogP contribution in [0.1, 0.15) is 26.7 Å². The minimum atomic E-state index is -0.0142. The molecule has 0 atom stereocenters. The molecule has 0 aromatic carbocycles. The highest BCUT2D eigenvalue weighted by Gasteiger charge is 2.15. The van der Waals surface area contributed by atoms with E-state index < -0.39 is 0 Å². The number of nitrogens with zero attached hydrogens (tertiary/aromatic N) is 4. The lowest BCUT2D eigenvalue weighted by molar-refractivity contribution is 0.0904. The van der Waals surface area contributed by atoms with Gasteiger partial charge in [-0.05, 0) is 30.9 Å². The number of ether oxygens (including phenoxy) is 1. The second-order valence-corrected chi connectivity index (χ2v) is 8.43. The fourth-order valence-electron chi connectivity index (χ4n) is 3.57. The third kappa shape index (κ3) is 4.74. The molecule has 8 heteroatoms. The van der Waals surface area contributed by atoms with E-state index in [0.29, 0.717) is 23.5 Å². The number of hydrogen-bond donors (Lipinski definition) is 1. The Morgan fingerprint density at radius 3 is 2.77 bits per heavy atom. The lowest BCUT2D eigenvalue weighted by atomic mass is 10.1. The molecule has 0 bridgehead atoms. The molecule has 0 amide bonds. The van der Waals surface area contributed by atoms with Crippen molar-refractivity contribution in [1.29, 1.82) is 0 Å². The van der Waals surface area contributed by atoms with Gasteiger partial charge in [0.1, 0.15) is 5.82 Å². The second-order valence-electron chi connectivity index (χ2n) is 8.03. The second kappa shape index (κ2) is 9.02. The molecule has 0 aliphatic carbocycles. The first-order valence-electron chi connectivity index (χ1n) is 10.3. The highest BCUT2D eigenvalue weighted by atomic mass is 35.5. The first-order valence-corrected chi connectivity index (χ1v) is 10.6. The van der Waals surface area contributed by atoms with Gasteiger partial charge in [-0.3, -0.25) is 4.79 Å². The average Bonchev–Trinajstić information content (AvgIpc) is 3.20. The van der Waals surface area contributed by atoms with Crippen LogP contribution >= 0.6 is 11.6 Å². The highest BCUT2D eigenvalue weighted by molar-refractivity contribution is 6.33. The molecular weight excluding hydrogens is 402 g/mol. The van der Waals surface area contributed by atoms with Crippen LogP contribution in [0.25, 0.3) is 16.8 Å².